The number of hydrogen-bond donors (Lipinski definition) is 0. The highest BCUT2D eigenvalue weighted by atomic mass is 35.5. The van der Waals surface area contributed by atoms with Crippen LogP contribution in [0.4, 0.5) is 5.69 Å². The van der Waals surface area contributed by atoms with Crippen LogP contribution in [-0.2, 0) is 4.79 Å². The minimum absolute atomic E-state index is 0.110. The molecule has 1 atom stereocenters. The Morgan fingerprint density at radius 1 is 0.750 bits per heavy atom. The van der Waals surface area contributed by atoms with Crippen molar-refractivity contribution in [3.05, 3.63) is 112 Å². The summed E-state index contributed by atoms with van der Waals surface area (Å²) in [5.74, 6) is 1.86. The smallest absolute Gasteiger partial charge is 0.352 e. The molecule has 0 spiro atoms. The molecule has 182 valence electrons. The molecule has 0 bridgehead atoms. The number of para-hydroxylation sites is 2. The first-order valence-corrected chi connectivity index (χ1v) is 11.2. The van der Waals surface area contributed by atoms with Crippen LogP contribution >= 0.6 is 11.6 Å². The highest BCUT2D eigenvalue weighted by Crippen LogP contribution is 2.31. The number of esters is 1. The van der Waals surface area contributed by atoms with Crippen LogP contribution in [0.15, 0.2) is 97.1 Å². The molecule has 8 nitrogen and oxygen atoms in total. The monoisotopic (exact) mass is 505 g/mol. The van der Waals surface area contributed by atoms with Crippen molar-refractivity contribution in [2.75, 3.05) is 0 Å². The average Bonchev–Trinajstić information content (AvgIpc) is 2.88. The van der Waals surface area contributed by atoms with Gasteiger partial charge < -0.3 is 18.9 Å². The Morgan fingerprint density at radius 3 is 1.86 bits per heavy atom. The summed E-state index contributed by atoms with van der Waals surface area (Å²) in [5.41, 5.74) is -0.149. The second kappa shape index (κ2) is 11.2. The first kappa shape index (κ1) is 24.6. The number of ether oxygens (including phenoxy) is 4. The molecule has 4 rings (SSSR count). The van der Waals surface area contributed by atoms with Gasteiger partial charge in [0.05, 0.1) is 4.92 Å². The van der Waals surface area contributed by atoms with Gasteiger partial charge in [-0.25, -0.2) is 4.79 Å². The standard InChI is InChI=1S/C27H20ClNO7/c1-18(33-20-10-12-22(13-11-20)34-21-8-6-19(28)7-9-21)27(30)36-24-16-14-23(15-17-24)35-26-5-3-2-4-25(26)29(31)32/h2-18H,1H3. The first-order chi connectivity index (χ1) is 17.4. The zero-order valence-electron chi connectivity index (χ0n) is 19.0. The van der Waals surface area contributed by atoms with Crippen LogP contribution in [0.2, 0.25) is 5.02 Å². The van der Waals surface area contributed by atoms with E-state index in [1.807, 2.05) is 0 Å². The number of nitro groups is 1. The Bertz CT molecular complexity index is 1340. The fourth-order valence-electron chi connectivity index (χ4n) is 3.07. The van der Waals surface area contributed by atoms with Gasteiger partial charge in [-0.1, -0.05) is 23.7 Å². The molecule has 0 radical (unpaired) electrons. The molecule has 0 fully saturated rings. The van der Waals surface area contributed by atoms with Crippen LogP contribution in [0.5, 0.6) is 34.5 Å². The van der Waals surface area contributed by atoms with Gasteiger partial charge in [-0.3, -0.25) is 10.1 Å². The van der Waals surface area contributed by atoms with E-state index in [-0.39, 0.29) is 17.2 Å². The summed E-state index contributed by atoms with van der Waals surface area (Å²) < 4.78 is 22.4. The van der Waals surface area contributed by atoms with Gasteiger partial charge in [0.2, 0.25) is 5.75 Å². The molecule has 0 aliphatic rings. The summed E-state index contributed by atoms with van der Waals surface area (Å²) in [7, 11) is 0. The van der Waals surface area contributed by atoms with Crippen molar-refractivity contribution < 1.29 is 28.7 Å². The van der Waals surface area contributed by atoms with Crippen molar-refractivity contribution >= 4 is 23.3 Å². The van der Waals surface area contributed by atoms with Crippen LogP contribution < -0.4 is 18.9 Å². The molecule has 4 aromatic rings. The molecule has 1 unspecified atom stereocenters. The molecule has 0 aromatic heterocycles. The van der Waals surface area contributed by atoms with Gasteiger partial charge >= 0.3 is 11.7 Å². The van der Waals surface area contributed by atoms with Gasteiger partial charge in [0.1, 0.15) is 28.7 Å². The van der Waals surface area contributed by atoms with E-state index in [4.69, 9.17) is 30.5 Å². The largest absolute Gasteiger partial charge is 0.479 e. The molecule has 4 aromatic carbocycles. The number of rotatable bonds is 9. The summed E-state index contributed by atoms with van der Waals surface area (Å²) >= 11 is 5.88. The number of halogens is 1. The van der Waals surface area contributed by atoms with Crippen molar-refractivity contribution in [3.8, 4) is 34.5 Å². The summed E-state index contributed by atoms with van der Waals surface area (Å²) in [5, 5.41) is 11.7. The van der Waals surface area contributed by atoms with Crippen molar-refractivity contribution in [3.63, 3.8) is 0 Å². The van der Waals surface area contributed by atoms with Crippen LogP contribution in [0.1, 0.15) is 6.92 Å². The molecule has 0 saturated heterocycles. The normalized spacial score (nSPS) is 11.3. The molecular formula is C27H20ClNO7. The van der Waals surface area contributed by atoms with E-state index in [2.05, 4.69) is 0 Å². The Balaban J connectivity index is 1.30. The van der Waals surface area contributed by atoms with Crippen molar-refractivity contribution in [1.82, 2.24) is 0 Å². The van der Waals surface area contributed by atoms with E-state index >= 15 is 0 Å². The maximum Gasteiger partial charge on any atom is 0.352 e. The predicted molar refractivity (Wildman–Crippen MR) is 133 cm³/mol. The Morgan fingerprint density at radius 2 is 1.25 bits per heavy atom. The lowest BCUT2D eigenvalue weighted by molar-refractivity contribution is -0.385. The zero-order valence-corrected chi connectivity index (χ0v) is 19.8. The van der Waals surface area contributed by atoms with Gasteiger partial charge in [0.15, 0.2) is 6.10 Å². The Hall–Kier alpha value is -4.56. The number of nitrogens with zero attached hydrogens (tertiary/aromatic N) is 1. The van der Waals surface area contributed by atoms with E-state index < -0.39 is 17.0 Å². The Kier molecular flexibility index (Phi) is 7.67. The first-order valence-electron chi connectivity index (χ1n) is 10.8. The molecule has 0 amide bonds. The van der Waals surface area contributed by atoms with E-state index in [1.165, 1.54) is 24.3 Å². The van der Waals surface area contributed by atoms with Crippen LogP contribution in [0.25, 0.3) is 0 Å². The molecule has 0 aliphatic carbocycles. The third kappa shape index (κ3) is 6.52. The summed E-state index contributed by atoms with van der Waals surface area (Å²) in [6, 6.07) is 26.0. The van der Waals surface area contributed by atoms with E-state index in [1.54, 1.807) is 79.7 Å². The minimum atomic E-state index is -0.879. The van der Waals surface area contributed by atoms with Gasteiger partial charge in [-0.2, -0.15) is 0 Å². The zero-order chi connectivity index (χ0) is 25.5. The van der Waals surface area contributed by atoms with Gasteiger partial charge in [0, 0.05) is 11.1 Å². The molecule has 0 N–H and O–H groups in total. The predicted octanol–water partition coefficient (Wildman–Crippen LogP) is 7.21. The third-order valence-corrected chi connectivity index (χ3v) is 5.10. The van der Waals surface area contributed by atoms with Gasteiger partial charge in [-0.15, -0.1) is 0 Å². The van der Waals surface area contributed by atoms with Crippen molar-refractivity contribution in [1.29, 1.82) is 0 Å². The van der Waals surface area contributed by atoms with Crippen LogP contribution in [0.3, 0.4) is 0 Å². The highest BCUT2D eigenvalue weighted by Gasteiger charge is 2.18. The fourth-order valence-corrected chi connectivity index (χ4v) is 3.20. The second-order valence-corrected chi connectivity index (χ2v) is 7.94. The quantitative estimate of drug-likeness (QED) is 0.103. The molecule has 0 heterocycles. The third-order valence-electron chi connectivity index (χ3n) is 4.85. The number of hydrogen-bond acceptors (Lipinski definition) is 7. The number of benzene rings is 4. The maximum absolute atomic E-state index is 12.5. The molecule has 9 heteroatoms. The number of nitro benzene ring substituents is 1. The SMILES string of the molecule is CC(Oc1ccc(Oc2ccc(Cl)cc2)cc1)C(=O)Oc1ccc(Oc2ccccc2[N+](=O)[O-])cc1. The highest BCUT2D eigenvalue weighted by molar-refractivity contribution is 6.30. The van der Waals surface area contributed by atoms with E-state index in [9.17, 15) is 14.9 Å². The van der Waals surface area contributed by atoms with Crippen LogP contribution in [-0.4, -0.2) is 17.0 Å². The van der Waals surface area contributed by atoms with Gasteiger partial charge in [-0.05, 0) is 85.8 Å². The lowest BCUT2D eigenvalue weighted by Gasteiger charge is -2.14. The van der Waals surface area contributed by atoms with Crippen molar-refractivity contribution in [2.24, 2.45) is 0 Å². The summed E-state index contributed by atoms with van der Waals surface area (Å²) in [6.07, 6.45) is -0.879. The summed E-state index contributed by atoms with van der Waals surface area (Å²) in [4.78, 5) is 23.1. The molecule has 0 saturated carbocycles. The molecular weight excluding hydrogens is 486 g/mol. The number of carbonyl (C=O) groups excluding carboxylic acids is 1. The molecule has 36 heavy (non-hydrogen) atoms. The maximum atomic E-state index is 12.5. The summed E-state index contributed by atoms with van der Waals surface area (Å²) in [6.45, 7) is 1.58. The lowest BCUT2D eigenvalue weighted by Crippen LogP contribution is -2.28. The van der Waals surface area contributed by atoms with Gasteiger partial charge in [0.25, 0.3) is 0 Å². The lowest BCUT2D eigenvalue weighted by atomic mass is 10.3. The van der Waals surface area contributed by atoms with E-state index in [0.717, 1.165) is 0 Å². The minimum Gasteiger partial charge on any atom is -0.479 e. The van der Waals surface area contributed by atoms with E-state index in [0.29, 0.717) is 28.0 Å². The molecule has 0 aliphatic heterocycles. The topological polar surface area (TPSA) is 97.1 Å². The second-order valence-electron chi connectivity index (χ2n) is 7.51. The average molecular weight is 506 g/mol. The number of carbonyl (C=O) groups is 1. The van der Waals surface area contributed by atoms with Crippen molar-refractivity contribution in [2.45, 2.75) is 13.0 Å². The Labute approximate surface area is 211 Å². The van der Waals surface area contributed by atoms with Crippen LogP contribution in [0, 0.1) is 10.1 Å². The fraction of sp³-hybridized carbons (Fsp3) is 0.0741.